The quantitative estimate of drug-likeness (QED) is 0.798. The first-order chi connectivity index (χ1) is 7.13. The van der Waals surface area contributed by atoms with Gasteiger partial charge < -0.3 is 4.74 Å². The number of halogens is 1. The Kier molecular flexibility index (Phi) is 4.98. The van der Waals surface area contributed by atoms with Crippen molar-refractivity contribution in [1.29, 1.82) is 0 Å². The highest BCUT2D eigenvalue weighted by Gasteiger charge is 2.10. The van der Waals surface area contributed by atoms with Gasteiger partial charge in [-0.15, -0.1) is 0 Å². The number of rotatable bonds is 4. The van der Waals surface area contributed by atoms with Crippen molar-refractivity contribution >= 4 is 32.7 Å². The Morgan fingerprint density at radius 3 is 2.53 bits per heavy atom. The number of benzene rings is 1. The fourth-order valence-electron chi connectivity index (χ4n) is 0.979. The Morgan fingerprint density at radius 1 is 1.40 bits per heavy atom. The van der Waals surface area contributed by atoms with E-state index < -0.39 is 16.8 Å². The molecule has 0 saturated carbocycles. The van der Waals surface area contributed by atoms with Crippen molar-refractivity contribution in [3.8, 4) is 0 Å². The third kappa shape index (κ3) is 4.13. The summed E-state index contributed by atoms with van der Waals surface area (Å²) in [5.74, 6) is -0.520. The van der Waals surface area contributed by atoms with Gasteiger partial charge >= 0.3 is 5.97 Å². The second-order valence-corrected chi connectivity index (χ2v) is 5.12. The van der Waals surface area contributed by atoms with Crippen LogP contribution in [0.2, 0.25) is 0 Å². The lowest BCUT2D eigenvalue weighted by Gasteiger charge is -2.02. The highest BCUT2D eigenvalue weighted by molar-refractivity contribution is 9.10. The minimum absolute atomic E-state index is 0.0878. The van der Waals surface area contributed by atoms with E-state index in [-0.39, 0.29) is 5.75 Å². The lowest BCUT2D eigenvalue weighted by Crippen LogP contribution is -2.13. The van der Waals surface area contributed by atoms with Gasteiger partial charge in [-0.3, -0.25) is 9.00 Å². The first-order valence-corrected chi connectivity index (χ1v) is 6.54. The average Bonchev–Trinajstić information content (AvgIpc) is 2.18. The molecule has 15 heavy (non-hydrogen) atoms. The molecule has 3 nitrogen and oxygen atoms in total. The molecule has 0 bridgehead atoms. The van der Waals surface area contributed by atoms with Gasteiger partial charge in [0.2, 0.25) is 0 Å². The summed E-state index contributed by atoms with van der Waals surface area (Å²) in [4.78, 5) is 11.7. The second kappa shape index (κ2) is 6.02. The lowest BCUT2D eigenvalue weighted by molar-refractivity contribution is -0.139. The zero-order chi connectivity index (χ0) is 11.3. The molecule has 0 aliphatic heterocycles. The maximum absolute atomic E-state index is 11.6. The van der Waals surface area contributed by atoms with Crippen LogP contribution in [-0.4, -0.2) is 22.5 Å². The molecule has 0 heterocycles. The molecule has 1 aromatic carbocycles. The van der Waals surface area contributed by atoms with Crippen molar-refractivity contribution in [3.05, 3.63) is 28.7 Å². The Morgan fingerprint density at radius 2 is 2.00 bits per heavy atom. The van der Waals surface area contributed by atoms with Crippen LogP contribution >= 0.6 is 15.9 Å². The van der Waals surface area contributed by atoms with Crippen molar-refractivity contribution in [2.75, 3.05) is 12.4 Å². The van der Waals surface area contributed by atoms with Crippen molar-refractivity contribution < 1.29 is 13.7 Å². The van der Waals surface area contributed by atoms with E-state index >= 15 is 0 Å². The van der Waals surface area contributed by atoms with Gasteiger partial charge in [0.25, 0.3) is 0 Å². The normalized spacial score (nSPS) is 12.1. The molecule has 0 aliphatic carbocycles. The summed E-state index contributed by atoms with van der Waals surface area (Å²) in [6.45, 7) is 2.04. The molecule has 82 valence electrons. The number of carbonyl (C=O) groups excluding carboxylic acids is 1. The van der Waals surface area contributed by atoms with Crippen molar-refractivity contribution in [2.45, 2.75) is 11.8 Å². The SMILES string of the molecule is CCOC(=O)C[S@@](=O)c1ccc(Br)cc1. The summed E-state index contributed by atoms with van der Waals surface area (Å²) in [7, 11) is -1.32. The van der Waals surface area contributed by atoms with Gasteiger partial charge in [0.15, 0.2) is 0 Å². The molecular weight excluding hydrogens is 280 g/mol. The molecule has 0 spiro atoms. The van der Waals surface area contributed by atoms with Crippen LogP contribution in [0.4, 0.5) is 0 Å². The van der Waals surface area contributed by atoms with Crippen LogP contribution in [0, 0.1) is 0 Å². The number of hydrogen-bond acceptors (Lipinski definition) is 3. The molecule has 1 rings (SSSR count). The summed E-state index contributed by atoms with van der Waals surface area (Å²) < 4.78 is 17.3. The van der Waals surface area contributed by atoms with Gasteiger partial charge in [-0.2, -0.15) is 0 Å². The van der Waals surface area contributed by atoms with E-state index in [0.717, 1.165) is 4.47 Å². The lowest BCUT2D eigenvalue weighted by atomic mass is 10.4. The minimum atomic E-state index is -1.32. The zero-order valence-electron chi connectivity index (χ0n) is 8.23. The molecule has 0 amide bonds. The monoisotopic (exact) mass is 290 g/mol. The molecule has 1 atom stereocenters. The topological polar surface area (TPSA) is 43.4 Å². The van der Waals surface area contributed by atoms with Crippen LogP contribution in [0.1, 0.15) is 6.92 Å². The van der Waals surface area contributed by atoms with Crippen LogP contribution in [0.25, 0.3) is 0 Å². The summed E-state index contributed by atoms with van der Waals surface area (Å²) in [6, 6.07) is 7.02. The van der Waals surface area contributed by atoms with E-state index in [4.69, 9.17) is 4.74 Å². The van der Waals surface area contributed by atoms with Crippen LogP contribution < -0.4 is 0 Å². The first kappa shape index (κ1) is 12.4. The standard InChI is InChI=1S/C10H11BrO3S/c1-2-14-10(12)7-15(13)9-5-3-8(11)4-6-9/h3-6H,2,7H2,1H3/t15-/m1/s1. The summed E-state index contributed by atoms with van der Waals surface area (Å²) in [6.07, 6.45) is 0. The number of hydrogen-bond donors (Lipinski definition) is 0. The van der Waals surface area contributed by atoms with E-state index in [0.29, 0.717) is 11.5 Å². The van der Waals surface area contributed by atoms with E-state index in [1.165, 1.54) is 0 Å². The maximum Gasteiger partial charge on any atom is 0.318 e. The Balaban J connectivity index is 2.61. The van der Waals surface area contributed by atoms with Gasteiger partial charge in [-0.1, -0.05) is 15.9 Å². The van der Waals surface area contributed by atoms with Crippen molar-refractivity contribution in [1.82, 2.24) is 0 Å². The molecule has 0 aromatic heterocycles. The summed E-state index contributed by atoms with van der Waals surface area (Å²) >= 11 is 3.28. The fraction of sp³-hybridized carbons (Fsp3) is 0.300. The molecule has 5 heteroatoms. The van der Waals surface area contributed by atoms with E-state index in [1.54, 1.807) is 31.2 Å². The van der Waals surface area contributed by atoms with Crippen LogP contribution in [0.15, 0.2) is 33.6 Å². The molecular formula is C10H11BrO3S. The molecule has 0 unspecified atom stereocenters. The molecule has 0 saturated heterocycles. The van der Waals surface area contributed by atoms with Crippen LogP contribution in [0.3, 0.4) is 0 Å². The van der Waals surface area contributed by atoms with Crippen molar-refractivity contribution in [2.24, 2.45) is 0 Å². The zero-order valence-corrected chi connectivity index (χ0v) is 10.6. The highest BCUT2D eigenvalue weighted by atomic mass is 79.9. The van der Waals surface area contributed by atoms with Crippen molar-refractivity contribution in [3.63, 3.8) is 0 Å². The molecule has 0 fully saturated rings. The summed E-state index contributed by atoms with van der Waals surface area (Å²) in [5.41, 5.74) is 0. The van der Waals surface area contributed by atoms with Crippen LogP contribution in [0.5, 0.6) is 0 Å². The van der Waals surface area contributed by atoms with Gasteiger partial charge in [0.1, 0.15) is 5.75 Å². The summed E-state index contributed by atoms with van der Waals surface area (Å²) in [5, 5.41) is 0. The number of carbonyl (C=O) groups is 1. The Hall–Kier alpha value is -0.680. The predicted molar refractivity (Wildman–Crippen MR) is 62.1 cm³/mol. The van der Waals surface area contributed by atoms with E-state index in [2.05, 4.69) is 15.9 Å². The van der Waals surface area contributed by atoms with Crippen LogP contribution in [-0.2, 0) is 20.3 Å². The Labute approximate surface area is 99.4 Å². The number of esters is 1. The van der Waals surface area contributed by atoms with E-state index in [1.807, 2.05) is 0 Å². The number of ether oxygens (including phenoxy) is 1. The fourth-order valence-corrected chi connectivity index (χ4v) is 2.15. The maximum atomic E-state index is 11.6. The average molecular weight is 291 g/mol. The molecule has 0 aliphatic rings. The van der Waals surface area contributed by atoms with Gasteiger partial charge in [0.05, 0.1) is 17.4 Å². The van der Waals surface area contributed by atoms with Gasteiger partial charge in [0, 0.05) is 9.37 Å². The second-order valence-electron chi connectivity index (χ2n) is 2.75. The Bertz CT molecular complexity index is 361. The smallest absolute Gasteiger partial charge is 0.318 e. The van der Waals surface area contributed by atoms with Gasteiger partial charge in [-0.05, 0) is 31.2 Å². The molecule has 1 aromatic rings. The highest BCUT2D eigenvalue weighted by Crippen LogP contribution is 2.13. The third-order valence-corrected chi connectivity index (χ3v) is 3.46. The van der Waals surface area contributed by atoms with E-state index in [9.17, 15) is 9.00 Å². The minimum Gasteiger partial charge on any atom is -0.465 e. The first-order valence-electron chi connectivity index (χ1n) is 4.43. The largest absolute Gasteiger partial charge is 0.465 e. The van der Waals surface area contributed by atoms with Gasteiger partial charge in [-0.25, -0.2) is 0 Å². The predicted octanol–water partition coefficient (Wildman–Crippen LogP) is 2.12. The molecule has 0 radical (unpaired) electrons. The molecule has 0 N–H and O–H groups in total. The third-order valence-electron chi connectivity index (χ3n) is 1.63.